The van der Waals surface area contributed by atoms with E-state index in [0.29, 0.717) is 5.69 Å². The minimum absolute atomic E-state index is 0.680. The van der Waals surface area contributed by atoms with Gasteiger partial charge in [-0.25, -0.2) is 0 Å². The molecule has 2 N–H and O–H groups in total. The van der Waals surface area contributed by atoms with Gasteiger partial charge in [-0.3, -0.25) is 0 Å². The summed E-state index contributed by atoms with van der Waals surface area (Å²) in [4.78, 5) is 4.25. The molecule has 0 bridgehead atoms. The fourth-order valence-electron chi connectivity index (χ4n) is 2.74. The predicted octanol–water partition coefficient (Wildman–Crippen LogP) is 4.52. The van der Waals surface area contributed by atoms with E-state index in [1.54, 1.807) is 11.3 Å². The summed E-state index contributed by atoms with van der Waals surface area (Å²) in [6.07, 6.45) is 0. The minimum Gasteiger partial charge on any atom is -0.368 e. The van der Waals surface area contributed by atoms with Crippen LogP contribution in [0.4, 0.5) is 0 Å². The number of thiophene rings is 1. The van der Waals surface area contributed by atoms with Crippen molar-refractivity contribution >= 4 is 22.2 Å². The second-order valence-corrected chi connectivity index (χ2v) is 6.52. The maximum atomic E-state index is 11.5. The zero-order valence-electron chi connectivity index (χ0n) is 12.9. The van der Waals surface area contributed by atoms with Crippen LogP contribution in [0.5, 0.6) is 0 Å². The average Bonchev–Trinajstić information content (AvgIpc) is 3.30. The normalized spacial score (nSPS) is 13.2. The van der Waals surface area contributed by atoms with E-state index in [0.717, 1.165) is 21.3 Å². The maximum Gasteiger partial charge on any atom is 0.192 e. The molecule has 2 heterocycles. The predicted molar refractivity (Wildman–Crippen MR) is 98.9 cm³/mol. The smallest absolute Gasteiger partial charge is 0.192 e. The highest BCUT2D eigenvalue weighted by Crippen LogP contribution is 2.31. The molecule has 2 aromatic carbocycles. The molecule has 116 valence electrons. The van der Waals surface area contributed by atoms with Crippen molar-refractivity contribution in [2.24, 2.45) is 0 Å². The summed E-state index contributed by atoms with van der Waals surface area (Å²) in [6, 6.07) is 23.4. The van der Waals surface area contributed by atoms with Crippen molar-refractivity contribution in [3.05, 3.63) is 94.3 Å². The first-order valence-corrected chi connectivity index (χ1v) is 8.56. The molecule has 24 heavy (non-hydrogen) atoms. The Morgan fingerprint density at radius 1 is 0.917 bits per heavy atom. The molecule has 1 unspecified atom stereocenters. The molecule has 3 heteroatoms. The summed E-state index contributed by atoms with van der Waals surface area (Å²) in [5.41, 5.74) is 1.03. The fourth-order valence-corrected chi connectivity index (χ4v) is 3.32. The van der Waals surface area contributed by atoms with Crippen LogP contribution >= 0.6 is 11.3 Å². The van der Waals surface area contributed by atoms with Crippen molar-refractivity contribution in [3.63, 3.8) is 0 Å². The molecule has 1 atom stereocenters. The van der Waals surface area contributed by atoms with Crippen molar-refractivity contribution in [2.75, 3.05) is 0 Å². The second-order valence-electron chi connectivity index (χ2n) is 5.57. The number of hydrogen-bond acceptors (Lipinski definition) is 2. The molecule has 0 aliphatic rings. The summed E-state index contributed by atoms with van der Waals surface area (Å²) in [5, 5.41) is 14.5. The fraction of sp³-hybridized carbons (Fsp3) is 0.0476. The standard InChI is InChI=1S/C21H15NOS/c23-21(17-8-2-1-3-9-17,13-12-18-10-6-14-24-18)20-15-16-7-4-5-11-19(16)22-20/h1-11,14-15,22-23H. The monoisotopic (exact) mass is 329 g/mol. The highest BCUT2D eigenvalue weighted by molar-refractivity contribution is 7.10. The van der Waals surface area contributed by atoms with Gasteiger partial charge in [0.1, 0.15) is 0 Å². The van der Waals surface area contributed by atoms with Crippen LogP contribution in [0.3, 0.4) is 0 Å². The number of aromatic nitrogens is 1. The molecule has 0 aliphatic carbocycles. The number of fused-ring (bicyclic) bond motifs is 1. The number of hydrogen-bond donors (Lipinski definition) is 2. The van der Waals surface area contributed by atoms with Crippen LogP contribution in [-0.4, -0.2) is 10.1 Å². The molecule has 4 rings (SSSR count). The van der Waals surface area contributed by atoms with Crippen molar-refractivity contribution in [1.29, 1.82) is 0 Å². The first-order chi connectivity index (χ1) is 11.8. The molecule has 0 saturated heterocycles. The van der Waals surface area contributed by atoms with Crippen LogP contribution in [0.15, 0.2) is 78.2 Å². The Bertz CT molecular complexity index is 989. The van der Waals surface area contributed by atoms with Gasteiger partial charge in [0.15, 0.2) is 5.60 Å². The topological polar surface area (TPSA) is 36.0 Å². The summed E-state index contributed by atoms with van der Waals surface area (Å²) in [5.74, 6) is 6.18. The van der Waals surface area contributed by atoms with Crippen LogP contribution in [-0.2, 0) is 5.60 Å². The van der Waals surface area contributed by atoms with E-state index >= 15 is 0 Å². The average molecular weight is 329 g/mol. The van der Waals surface area contributed by atoms with E-state index in [1.165, 1.54) is 0 Å². The Morgan fingerprint density at radius 2 is 1.71 bits per heavy atom. The number of rotatable bonds is 2. The first-order valence-electron chi connectivity index (χ1n) is 7.68. The SMILES string of the molecule is OC(C#Cc1cccs1)(c1ccccc1)c1cc2ccccc2[nH]1. The lowest BCUT2D eigenvalue weighted by Crippen LogP contribution is -2.25. The number of benzene rings is 2. The molecular weight excluding hydrogens is 314 g/mol. The molecule has 0 aliphatic heterocycles. The Hall–Kier alpha value is -2.80. The third kappa shape index (κ3) is 2.63. The molecule has 0 amide bonds. The van der Waals surface area contributed by atoms with Crippen LogP contribution in [0.25, 0.3) is 10.9 Å². The van der Waals surface area contributed by atoms with E-state index in [-0.39, 0.29) is 0 Å². The number of aromatic amines is 1. The van der Waals surface area contributed by atoms with Crippen LogP contribution < -0.4 is 0 Å². The summed E-state index contributed by atoms with van der Waals surface area (Å²) in [7, 11) is 0. The quantitative estimate of drug-likeness (QED) is 0.521. The van der Waals surface area contributed by atoms with Gasteiger partial charge in [0.25, 0.3) is 0 Å². The summed E-state index contributed by atoms with van der Waals surface area (Å²) < 4.78 is 0. The molecule has 4 aromatic rings. The van der Waals surface area contributed by atoms with Gasteiger partial charge in [0.05, 0.1) is 10.6 Å². The van der Waals surface area contributed by atoms with Crippen molar-refractivity contribution in [1.82, 2.24) is 4.98 Å². The highest BCUT2D eigenvalue weighted by atomic mass is 32.1. The highest BCUT2D eigenvalue weighted by Gasteiger charge is 2.31. The Kier molecular flexibility index (Phi) is 3.70. The third-order valence-corrected chi connectivity index (χ3v) is 4.78. The van der Waals surface area contributed by atoms with Crippen LogP contribution in [0.2, 0.25) is 0 Å². The van der Waals surface area contributed by atoms with E-state index in [1.807, 2.05) is 78.2 Å². The van der Waals surface area contributed by atoms with Gasteiger partial charge >= 0.3 is 0 Å². The first kappa shape index (κ1) is 14.8. The minimum atomic E-state index is -1.38. The van der Waals surface area contributed by atoms with Gasteiger partial charge in [-0.1, -0.05) is 66.4 Å². The zero-order valence-corrected chi connectivity index (χ0v) is 13.7. The summed E-state index contributed by atoms with van der Waals surface area (Å²) in [6.45, 7) is 0. The lowest BCUT2D eigenvalue weighted by Gasteiger charge is -2.21. The lowest BCUT2D eigenvalue weighted by molar-refractivity contribution is 0.141. The van der Waals surface area contributed by atoms with E-state index < -0.39 is 5.60 Å². The van der Waals surface area contributed by atoms with Crippen LogP contribution in [0.1, 0.15) is 16.1 Å². The van der Waals surface area contributed by atoms with E-state index in [4.69, 9.17) is 0 Å². The zero-order chi connectivity index (χ0) is 16.4. The Labute approximate surface area is 144 Å². The molecule has 0 spiro atoms. The molecule has 0 fully saturated rings. The second kappa shape index (κ2) is 6.01. The number of para-hydroxylation sites is 1. The number of aliphatic hydroxyl groups is 1. The molecule has 0 saturated carbocycles. The molecule has 2 aromatic heterocycles. The maximum absolute atomic E-state index is 11.5. The van der Waals surface area contributed by atoms with Gasteiger partial charge < -0.3 is 10.1 Å². The van der Waals surface area contributed by atoms with Gasteiger partial charge in [-0.15, -0.1) is 11.3 Å². The number of H-pyrrole nitrogens is 1. The van der Waals surface area contributed by atoms with Crippen molar-refractivity contribution in [2.45, 2.75) is 5.60 Å². The Balaban J connectivity index is 1.89. The lowest BCUT2D eigenvalue weighted by atomic mass is 9.91. The molecule has 0 radical (unpaired) electrons. The third-order valence-electron chi connectivity index (χ3n) is 4.00. The van der Waals surface area contributed by atoms with Crippen LogP contribution in [0, 0.1) is 11.8 Å². The largest absolute Gasteiger partial charge is 0.368 e. The molecular formula is C21H15NOS. The van der Waals surface area contributed by atoms with Crippen molar-refractivity contribution < 1.29 is 5.11 Å². The van der Waals surface area contributed by atoms with Crippen molar-refractivity contribution in [3.8, 4) is 11.8 Å². The van der Waals surface area contributed by atoms with Gasteiger partial charge in [-0.2, -0.15) is 0 Å². The Morgan fingerprint density at radius 3 is 2.46 bits per heavy atom. The summed E-state index contributed by atoms with van der Waals surface area (Å²) >= 11 is 1.56. The number of nitrogens with one attached hydrogen (secondary N) is 1. The van der Waals surface area contributed by atoms with Gasteiger partial charge in [0, 0.05) is 11.1 Å². The van der Waals surface area contributed by atoms with Gasteiger partial charge in [0.2, 0.25) is 0 Å². The molecule has 2 nitrogen and oxygen atoms in total. The van der Waals surface area contributed by atoms with E-state index in [9.17, 15) is 5.11 Å². The van der Waals surface area contributed by atoms with E-state index in [2.05, 4.69) is 16.8 Å². The van der Waals surface area contributed by atoms with Gasteiger partial charge in [-0.05, 0) is 29.0 Å².